The number of hydrogen-bond acceptors (Lipinski definition) is 3. The fourth-order valence-corrected chi connectivity index (χ4v) is 1.90. The van der Waals surface area contributed by atoms with E-state index in [0.29, 0.717) is 0 Å². The van der Waals surface area contributed by atoms with Gasteiger partial charge in [-0.25, -0.2) is 4.98 Å². The fraction of sp³-hybridized carbons (Fsp3) is 0.385. The van der Waals surface area contributed by atoms with Crippen LogP contribution in [0.1, 0.15) is 31.3 Å². The summed E-state index contributed by atoms with van der Waals surface area (Å²) in [5.41, 5.74) is 7.57. The summed E-state index contributed by atoms with van der Waals surface area (Å²) >= 11 is 0. The van der Waals surface area contributed by atoms with Gasteiger partial charge in [-0.15, -0.1) is 0 Å². The first-order valence-corrected chi connectivity index (χ1v) is 5.77. The van der Waals surface area contributed by atoms with Gasteiger partial charge in [0.15, 0.2) is 0 Å². The average molecular weight is 247 g/mol. The maximum absolute atomic E-state index is 11.2. The first-order chi connectivity index (χ1) is 8.32. The van der Waals surface area contributed by atoms with Gasteiger partial charge in [-0.2, -0.15) is 0 Å². The highest BCUT2D eigenvalue weighted by atomic mass is 16.4. The molecule has 0 fully saturated rings. The summed E-state index contributed by atoms with van der Waals surface area (Å²) in [6.07, 6.45) is 0. The SMILES string of the molecule is Cc1nc2ccc(C(N)C(C)(C)C(=O)O)cc2[nH]1. The molecule has 2 rings (SSSR count). The summed E-state index contributed by atoms with van der Waals surface area (Å²) in [6, 6.07) is 4.98. The smallest absolute Gasteiger partial charge is 0.311 e. The molecule has 1 aromatic heterocycles. The first-order valence-electron chi connectivity index (χ1n) is 5.77. The van der Waals surface area contributed by atoms with Crippen LogP contribution in [0.3, 0.4) is 0 Å². The summed E-state index contributed by atoms with van der Waals surface area (Å²) in [7, 11) is 0. The molecule has 96 valence electrons. The maximum Gasteiger partial charge on any atom is 0.311 e. The van der Waals surface area contributed by atoms with Gasteiger partial charge in [0.2, 0.25) is 0 Å². The van der Waals surface area contributed by atoms with Crippen molar-refractivity contribution in [3.8, 4) is 0 Å². The molecule has 0 radical (unpaired) electrons. The number of hydrogen-bond donors (Lipinski definition) is 3. The van der Waals surface area contributed by atoms with Crippen molar-refractivity contribution in [2.24, 2.45) is 11.1 Å². The molecule has 0 aliphatic heterocycles. The lowest BCUT2D eigenvalue weighted by Crippen LogP contribution is -2.36. The Morgan fingerprint density at radius 1 is 1.50 bits per heavy atom. The summed E-state index contributed by atoms with van der Waals surface area (Å²) in [5, 5.41) is 9.19. The number of carboxylic acids is 1. The van der Waals surface area contributed by atoms with Gasteiger partial charge in [0.25, 0.3) is 0 Å². The van der Waals surface area contributed by atoms with Crippen molar-refractivity contribution in [2.45, 2.75) is 26.8 Å². The molecular weight excluding hydrogens is 230 g/mol. The summed E-state index contributed by atoms with van der Waals surface area (Å²) in [5.74, 6) is -0.0795. The van der Waals surface area contributed by atoms with Crippen molar-refractivity contribution in [1.29, 1.82) is 0 Å². The number of rotatable bonds is 3. The Balaban J connectivity index is 2.44. The van der Waals surface area contributed by atoms with Crippen LogP contribution in [0.15, 0.2) is 18.2 Å². The zero-order chi connectivity index (χ0) is 13.5. The molecule has 0 saturated carbocycles. The monoisotopic (exact) mass is 247 g/mol. The number of H-pyrrole nitrogens is 1. The average Bonchev–Trinajstić information content (AvgIpc) is 2.66. The van der Waals surface area contributed by atoms with E-state index in [1.165, 1.54) is 0 Å². The second-order valence-electron chi connectivity index (χ2n) is 5.10. The molecule has 4 N–H and O–H groups in total. The van der Waals surface area contributed by atoms with E-state index in [4.69, 9.17) is 5.73 Å². The lowest BCUT2D eigenvalue weighted by atomic mass is 9.81. The van der Waals surface area contributed by atoms with E-state index in [0.717, 1.165) is 22.4 Å². The molecule has 1 heterocycles. The standard InChI is InChI=1S/C13H17N3O2/c1-7-15-9-5-4-8(6-10(9)16-7)11(14)13(2,3)12(17)18/h4-6,11H,14H2,1-3H3,(H,15,16)(H,17,18). The topological polar surface area (TPSA) is 92.0 Å². The first kappa shape index (κ1) is 12.6. The minimum absolute atomic E-state index is 0.567. The highest BCUT2D eigenvalue weighted by molar-refractivity contribution is 5.78. The molecule has 1 atom stereocenters. The predicted molar refractivity (Wildman–Crippen MR) is 69.2 cm³/mol. The largest absolute Gasteiger partial charge is 0.481 e. The van der Waals surface area contributed by atoms with E-state index in [1.807, 2.05) is 25.1 Å². The number of nitrogens with zero attached hydrogens (tertiary/aromatic N) is 1. The summed E-state index contributed by atoms with van der Waals surface area (Å²) < 4.78 is 0. The van der Waals surface area contributed by atoms with Crippen LogP contribution in [-0.2, 0) is 4.79 Å². The molecule has 1 aromatic carbocycles. The molecule has 0 aliphatic rings. The van der Waals surface area contributed by atoms with Crippen LogP contribution < -0.4 is 5.73 Å². The van der Waals surface area contributed by atoms with Crippen LogP contribution in [0, 0.1) is 12.3 Å². The molecule has 18 heavy (non-hydrogen) atoms. The molecule has 0 bridgehead atoms. The van der Waals surface area contributed by atoms with E-state index >= 15 is 0 Å². The molecule has 1 unspecified atom stereocenters. The highest BCUT2D eigenvalue weighted by Gasteiger charge is 2.35. The number of aliphatic carboxylic acids is 1. The van der Waals surface area contributed by atoms with Crippen molar-refractivity contribution in [2.75, 3.05) is 0 Å². The van der Waals surface area contributed by atoms with Crippen LogP contribution in [0.2, 0.25) is 0 Å². The number of carbonyl (C=O) groups is 1. The normalized spacial score (nSPS) is 13.8. The molecule has 2 aromatic rings. The number of aryl methyl sites for hydroxylation is 1. The quantitative estimate of drug-likeness (QED) is 0.773. The number of carboxylic acid groups (broad SMARTS) is 1. The molecular formula is C13H17N3O2. The van der Waals surface area contributed by atoms with Gasteiger partial charge in [0.05, 0.1) is 16.4 Å². The zero-order valence-electron chi connectivity index (χ0n) is 10.7. The van der Waals surface area contributed by atoms with Crippen LogP contribution >= 0.6 is 0 Å². The molecule has 5 nitrogen and oxygen atoms in total. The third kappa shape index (κ3) is 1.97. The van der Waals surface area contributed by atoms with Crippen molar-refractivity contribution >= 4 is 17.0 Å². The van der Waals surface area contributed by atoms with Crippen LogP contribution in [0.4, 0.5) is 0 Å². The summed E-state index contributed by atoms with van der Waals surface area (Å²) in [4.78, 5) is 18.6. The maximum atomic E-state index is 11.2. The Morgan fingerprint density at radius 2 is 2.17 bits per heavy atom. The molecule has 0 aliphatic carbocycles. The minimum Gasteiger partial charge on any atom is -0.481 e. The lowest BCUT2D eigenvalue weighted by molar-refractivity contribution is -0.148. The number of imidazole rings is 1. The Labute approximate surface area is 105 Å². The van der Waals surface area contributed by atoms with Gasteiger partial charge >= 0.3 is 5.97 Å². The highest BCUT2D eigenvalue weighted by Crippen LogP contribution is 2.32. The van der Waals surface area contributed by atoms with E-state index in [2.05, 4.69) is 9.97 Å². The molecule has 5 heteroatoms. The number of nitrogens with one attached hydrogen (secondary N) is 1. The Hall–Kier alpha value is -1.88. The van der Waals surface area contributed by atoms with Crippen molar-refractivity contribution < 1.29 is 9.90 Å². The predicted octanol–water partition coefficient (Wildman–Crippen LogP) is 1.98. The van der Waals surface area contributed by atoms with Gasteiger partial charge in [0.1, 0.15) is 5.82 Å². The van der Waals surface area contributed by atoms with E-state index in [1.54, 1.807) is 13.8 Å². The molecule has 0 saturated heterocycles. The Kier molecular flexibility index (Phi) is 2.86. The van der Waals surface area contributed by atoms with Crippen molar-refractivity contribution in [1.82, 2.24) is 9.97 Å². The number of fused-ring (bicyclic) bond motifs is 1. The number of aromatic amines is 1. The van der Waals surface area contributed by atoms with Crippen LogP contribution in [-0.4, -0.2) is 21.0 Å². The van der Waals surface area contributed by atoms with Crippen LogP contribution in [0.5, 0.6) is 0 Å². The van der Waals surface area contributed by atoms with Crippen LogP contribution in [0.25, 0.3) is 11.0 Å². The zero-order valence-corrected chi connectivity index (χ0v) is 10.7. The summed E-state index contributed by atoms with van der Waals surface area (Å²) in [6.45, 7) is 5.13. The van der Waals surface area contributed by atoms with E-state index in [-0.39, 0.29) is 0 Å². The van der Waals surface area contributed by atoms with Crippen molar-refractivity contribution in [3.63, 3.8) is 0 Å². The second-order valence-corrected chi connectivity index (χ2v) is 5.10. The van der Waals surface area contributed by atoms with Gasteiger partial charge in [-0.05, 0) is 38.5 Å². The number of aromatic nitrogens is 2. The number of nitrogens with two attached hydrogens (primary N) is 1. The molecule has 0 spiro atoms. The minimum atomic E-state index is -1.01. The molecule has 0 amide bonds. The van der Waals surface area contributed by atoms with Gasteiger partial charge in [-0.3, -0.25) is 4.79 Å². The van der Waals surface area contributed by atoms with Gasteiger partial charge in [0, 0.05) is 6.04 Å². The van der Waals surface area contributed by atoms with Crippen molar-refractivity contribution in [3.05, 3.63) is 29.6 Å². The van der Waals surface area contributed by atoms with Gasteiger partial charge < -0.3 is 15.8 Å². The Bertz CT molecular complexity index is 601. The lowest BCUT2D eigenvalue weighted by Gasteiger charge is -2.27. The fourth-order valence-electron chi connectivity index (χ4n) is 1.90. The third-order valence-corrected chi connectivity index (χ3v) is 3.31. The van der Waals surface area contributed by atoms with E-state index in [9.17, 15) is 9.90 Å². The number of benzene rings is 1. The Morgan fingerprint density at radius 3 is 2.78 bits per heavy atom. The second kappa shape index (κ2) is 4.10. The van der Waals surface area contributed by atoms with Gasteiger partial charge in [-0.1, -0.05) is 6.07 Å². The van der Waals surface area contributed by atoms with E-state index < -0.39 is 17.4 Å². The third-order valence-electron chi connectivity index (χ3n) is 3.31.